The number of amides is 2. The highest BCUT2D eigenvalue weighted by molar-refractivity contribution is 5.95. The molecule has 144 valence electrons. The molecule has 2 aromatic carbocycles. The van der Waals surface area contributed by atoms with Crippen molar-refractivity contribution in [2.24, 2.45) is 0 Å². The molecule has 0 saturated carbocycles. The van der Waals surface area contributed by atoms with E-state index >= 15 is 0 Å². The molecule has 7 heteroatoms. The molecule has 0 bridgehead atoms. The minimum absolute atomic E-state index is 0.153. The zero-order valence-corrected chi connectivity index (χ0v) is 15.9. The van der Waals surface area contributed by atoms with E-state index in [2.05, 4.69) is 10.4 Å². The van der Waals surface area contributed by atoms with Crippen molar-refractivity contribution in [3.05, 3.63) is 82.9 Å². The molecular formula is C21H21FN4O2. The van der Waals surface area contributed by atoms with Crippen LogP contribution < -0.4 is 5.32 Å². The van der Waals surface area contributed by atoms with E-state index in [-0.39, 0.29) is 17.6 Å². The molecule has 28 heavy (non-hydrogen) atoms. The Balaban J connectivity index is 1.75. The fraction of sp³-hybridized carbons (Fsp3) is 0.190. The highest BCUT2D eigenvalue weighted by atomic mass is 19.1. The largest absolute Gasteiger partial charge is 0.355 e. The van der Waals surface area contributed by atoms with Gasteiger partial charge in [-0.25, -0.2) is 9.07 Å². The molecule has 2 amide bonds. The van der Waals surface area contributed by atoms with Crippen LogP contribution in [0.1, 0.15) is 32.0 Å². The molecule has 0 unspecified atom stereocenters. The average Bonchev–Trinajstić information content (AvgIpc) is 3.09. The standard InChI is InChI=1S/C21H21FN4O2/c1-14-19(12-24-26(14)18-10-8-17(22)9-11-18)21(28)25(3)13-15-4-6-16(7-5-15)20(27)23-2/h4-12H,13H2,1-3H3,(H,23,27). The lowest BCUT2D eigenvalue weighted by atomic mass is 10.1. The molecular weight excluding hydrogens is 359 g/mol. The van der Waals surface area contributed by atoms with Crippen LogP contribution in [0.25, 0.3) is 5.69 Å². The summed E-state index contributed by atoms with van der Waals surface area (Å²) in [4.78, 5) is 26.0. The molecule has 1 heterocycles. The normalized spacial score (nSPS) is 10.6. The number of nitrogens with zero attached hydrogens (tertiary/aromatic N) is 3. The summed E-state index contributed by atoms with van der Waals surface area (Å²) in [5, 5.41) is 6.84. The van der Waals surface area contributed by atoms with Gasteiger partial charge in [-0.1, -0.05) is 12.1 Å². The van der Waals surface area contributed by atoms with Crippen molar-refractivity contribution in [1.29, 1.82) is 0 Å². The van der Waals surface area contributed by atoms with Gasteiger partial charge in [-0.15, -0.1) is 0 Å². The summed E-state index contributed by atoms with van der Waals surface area (Å²) < 4.78 is 14.7. The number of benzene rings is 2. The minimum atomic E-state index is -0.327. The third-order valence-corrected chi connectivity index (χ3v) is 4.52. The van der Waals surface area contributed by atoms with Crippen LogP contribution in [0.3, 0.4) is 0 Å². The molecule has 0 aliphatic carbocycles. The van der Waals surface area contributed by atoms with Gasteiger partial charge in [-0.3, -0.25) is 9.59 Å². The minimum Gasteiger partial charge on any atom is -0.355 e. The third-order valence-electron chi connectivity index (χ3n) is 4.52. The molecule has 3 rings (SSSR count). The number of hydrogen-bond acceptors (Lipinski definition) is 3. The Bertz CT molecular complexity index is 994. The Morgan fingerprint density at radius 2 is 1.75 bits per heavy atom. The smallest absolute Gasteiger partial charge is 0.257 e. The summed E-state index contributed by atoms with van der Waals surface area (Å²) in [7, 11) is 3.29. The first-order valence-corrected chi connectivity index (χ1v) is 8.77. The fourth-order valence-corrected chi connectivity index (χ4v) is 2.92. The maximum Gasteiger partial charge on any atom is 0.257 e. The molecule has 0 atom stereocenters. The molecule has 0 radical (unpaired) electrons. The summed E-state index contributed by atoms with van der Waals surface area (Å²) in [6.45, 7) is 2.20. The van der Waals surface area contributed by atoms with Gasteiger partial charge in [0.05, 0.1) is 23.1 Å². The van der Waals surface area contributed by atoms with Crippen LogP contribution in [-0.4, -0.2) is 40.6 Å². The van der Waals surface area contributed by atoms with Gasteiger partial charge in [0.1, 0.15) is 5.82 Å². The molecule has 0 saturated heterocycles. The summed E-state index contributed by atoms with van der Waals surface area (Å²) in [5.74, 6) is -0.645. The number of carbonyl (C=O) groups excluding carboxylic acids is 2. The third kappa shape index (κ3) is 3.93. The predicted molar refractivity (Wildman–Crippen MR) is 104 cm³/mol. The van der Waals surface area contributed by atoms with Gasteiger partial charge in [0, 0.05) is 26.2 Å². The van der Waals surface area contributed by atoms with Gasteiger partial charge in [0.25, 0.3) is 11.8 Å². The van der Waals surface area contributed by atoms with Crippen LogP contribution >= 0.6 is 0 Å². The van der Waals surface area contributed by atoms with E-state index in [0.717, 1.165) is 5.56 Å². The number of hydrogen-bond donors (Lipinski definition) is 1. The summed E-state index contributed by atoms with van der Waals surface area (Å²) >= 11 is 0. The van der Waals surface area contributed by atoms with E-state index in [1.807, 2.05) is 12.1 Å². The van der Waals surface area contributed by atoms with Crippen molar-refractivity contribution < 1.29 is 14.0 Å². The Labute approximate surface area is 162 Å². The fourth-order valence-electron chi connectivity index (χ4n) is 2.92. The van der Waals surface area contributed by atoms with Crippen molar-refractivity contribution in [2.75, 3.05) is 14.1 Å². The van der Waals surface area contributed by atoms with E-state index in [1.165, 1.54) is 18.3 Å². The number of nitrogens with one attached hydrogen (secondary N) is 1. The van der Waals surface area contributed by atoms with E-state index < -0.39 is 0 Å². The quantitative estimate of drug-likeness (QED) is 0.740. The van der Waals surface area contributed by atoms with E-state index in [0.29, 0.717) is 29.1 Å². The van der Waals surface area contributed by atoms with Crippen molar-refractivity contribution >= 4 is 11.8 Å². The first-order valence-electron chi connectivity index (χ1n) is 8.77. The lowest BCUT2D eigenvalue weighted by molar-refractivity contribution is 0.0784. The highest BCUT2D eigenvalue weighted by Gasteiger charge is 2.19. The van der Waals surface area contributed by atoms with Crippen molar-refractivity contribution in [3.63, 3.8) is 0 Å². The second-order valence-corrected chi connectivity index (χ2v) is 6.47. The summed E-state index contributed by atoms with van der Waals surface area (Å²) in [6.07, 6.45) is 1.52. The highest BCUT2D eigenvalue weighted by Crippen LogP contribution is 2.17. The Morgan fingerprint density at radius 1 is 1.11 bits per heavy atom. The molecule has 0 fully saturated rings. The van der Waals surface area contributed by atoms with E-state index in [1.54, 1.807) is 54.9 Å². The van der Waals surface area contributed by atoms with Crippen molar-refractivity contribution in [1.82, 2.24) is 20.0 Å². The van der Waals surface area contributed by atoms with Crippen LogP contribution in [0, 0.1) is 12.7 Å². The molecule has 0 aliphatic rings. The number of halogens is 1. The first kappa shape index (κ1) is 19.3. The SMILES string of the molecule is CNC(=O)c1ccc(CN(C)C(=O)c2cnn(-c3ccc(F)cc3)c2C)cc1. The van der Waals surface area contributed by atoms with Crippen LogP contribution in [0.2, 0.25) is 0 Å². The molecule has 1 aromatic heterocycles. The Hall–Kier alpha value is -3.48. The summed E-state index contributed by atoms with van der Waals surface area (Å²) in [6, 6.07) is 13.0. The van der Waals surface area contributed by atoms with Crippen LogP contribution in [-0.2, 0) is 6.54 Å². The topological polar surface area (TPSA) is 67.2 Å². The maximum absolute atomic E-state index is 13.1. The van der Waals surface area contributed by atoms with Crippen LogP contribution in [0.15, 0.2) is 54.7 Å². The van der Waals surface area contributed by atoms with Gasteiger partial charge >= 0.3 is 0 Å². The molecule has 0 spiro atoms. The lowest BCUT2D eigenvalue weighted by Crippen LogP contribution is -2.26. The zero-order valence-electron chi connectivity index (χ0n) is 15.9. The number of carbonyl (C=O) groups is 2. The van der Waals surface area contributed by atoms with Crippen LogP contribution in [0.4, 0.5) is 4.39 Å². The van der Waals surface area contributed by atoms with Crippen molar-refractivity contribution in [2.45, 2.75) is 13.5 Å². The van der Waals surface area contributed by atoms with E-state index in [4.69, 9.17) is 0 Å². The van der Waals surface area contributed by atoms with Gasteiger partial charge < -0.3 is 10.2 Å². The second-order valence-electron chi connectivity index (χ2n) is 6.47. The van der Waals surface area contributed by atoms with Gasteiger partial charge in [-0.2, -0.15) is 5.10 Å². The van der Waals surface area contributed by atoms with Crippen LogP contribution in [0.5, 0.6) is 0 Å². The molecule has 6 nitrogen and oxygen atoms in total. The van der Waals surface area contributed by atoms with Gasteiger partial charge in [0.2, 0.25) is 0 Å². The molecule has 1 N–H and O–H groups in total. The second kappa shape index (κ2) is 8.04. The lowest BCUT2D eigenvalue weighted by Gasteiger charge is -2.17. The molecule has 0 aliphatic heterocycles. The maximum atomic E-state index is 13.1. The molecule has 3 aromatic rings. The van der Waals surface area contributed by atoms with E-state index in [9.17, 15) is 14.0 Å². The Kier molecular flexibility index (Phi) is 5.54. The predicted octanol–water partition coefficient (Wildman–Crippen LogP) is 2.95. The Morgan fingerprint density at radius 3 is 2.36 bits per heavy atom. The van der Waals surface area contributed by atoms with Gasteiger partial charge in [0.15, 0.2) is 0 Å². The average molecular weight is 380 g/mol. The zero-order chi connectivity index (χ0) is 20.3. The van der Waals surface area contributed by atoms with Gasteiger partial charge in [-0.05, 0) is 48.9 Å². The number of aromatic nitrogens is 2. The monoisotopic (exact) mass is 380 g/mol. The first-order chi connectivity index (χ1) is 13.4. The summed E-state index contributed by atoms with van der Waals surface area (Å²) in [5.41, 5.74) is 3.32. The van der Waals surface area contributed by atoms with Crippen molar-refractivity contribution in [3.8, 4) is 5.69 Å². The number of rotatable bonds is 5.